The summed E-state index contributed by atoms with van der Waals surface area (Å²) in [7, 11) is 0. The Hall–Kier alpha value is -4.04. The second-order valence-corrected chi connectivity index (χ2v) is 11.2. The van der Waals surface area contributed by atoms with E-state index in [1.54, 1.807) is 12.3 Å². The van der Waals surface area contributed by atoms with Crippen LogP contribution in [0.5, 0.6) is 0 Å². The van der Waals surface area contributed by atoms with E-state index < -0.39 is 11.0 Å². The molecule has 9 heteroatoms. The van der Waals surface area contributed by atoms with Crippen LogP contribution >= 0.6 is 11.6 Å². The van der Waals surface area contributed by atoms with Crippen LogP contribution in [0.3, 0.4) is 0 Å². The van der Waals surface area contributed by atoms with Crippen LogP contribution < -0.4 is 10.6 Å². The van der Waals surface area contributed by atoms with Crippen LogP contribution in [-0.4, -0.2) is 46.8 Å². The molecule has 41 heavy (non-hydrogen) atoms. The highest BCUT2D eigenvalue weighted by molar-refractivity contribution is 6.35. The van der Waals surface area contributed by atoms with E-state index in [1.165, 1.54) is 4.90 Å². The Balaban J connectivity index is 0.00000148. The first kappa shape index (κ1) is 27.1. The molecule has 3 amide bonds. The fourth-order valence-electron chi connectivity index (χ4n) is 6.31. The number of anilines is 1. The van der Waals surface area contributed by atoms with E-state index in [0.29, 0.717) is 53.6 Å². The summed E-state index contributed by atoms with van der Waals surface area (Å²) in [6, 6.07) is 13.0. The maximum atomic E-state index is 13.4. The minimum absolute atomic E-state index is 0.0400. The number of hydrogen-bond acceptors (Lipinski definition) is 5. The van der Waals surface area contributed by atoms with Crippen molar-refractivity contribution in [2.75, 3.05) is 11.9 Å². The first-order valence-corrected chi connectivity index (χ1v) is 14.6. The smallest absolute Gasteiger partial charge is 0.256 e. The minimum Gasteiger partial charge on any atom is -0.325 e. The summed E-state index contributed by atoms with van der Waals surface area (Å²) in [5.74, 6) is 0.571. The first-order chi connectivity index (χ1) is 19.9. The van der Waals surface area contributed by atoms with Crippen molar-refractivity contribution < 1.29 is 14.4 Å². The van der Waals surface area contributed by atoms with Crippen LogP contribution in [0, 0.1) is 5.41 Å². The van der Waals surface area contributed by atoms with Crippen molar-refractivity contribution in [1.82, 2.24) is 10.2 Å². The number of benzene rings is 2. The molecule has 1 fully saturated rings. The van der Waals surface area contributed by atoms with Gasteiger partial charge in [-0.25, -0.2) is 4.99 Å². The fourth-order valence-corrected chi connectivity index (χ4v) is 6.53. The van der Waals surface area contributed by atoms with E-state index in [4.69, 9.17) is 16.6 Å². The largest absolute Gasteiger partial charge is 0.325 e. The van der Waals surface area contributed by atoms with Gasteiger partial charge >= 0.3 is 0 Å². The molecular weight excluding hydrogens is 538 g/mol. The zero-order chi connectivity index (χ0) is 28.8. The molecule has 7 rings (SSSR count). The minimum atomic E-state index is -0.775. The zero-order valence-corrected chi connectivity index (χ0v) is 23.9. The van der Waals surface area contributed by atoms with Gasteiger partial charge in [-0.2, -0.15) is 0 Å². The van der Waals surface area contributed by atoms with E-state index in [-0.39, 0.29) is 24.3 Å². The van der Waals surface area contributed by atoms with Gasteiger partial charge in [-0.05, 0) is 67.5 Å². The molecule has 0 saturated heterocycles. The van der Waals surface area contributed by atoms with Crippen molar-refractivity contribution in [1.29, 1.82) is 0 Å². The summed E-state index contributed by atoms with van der Waals surface area (Å²) in [5.41, 5.74) is 2.83. The number of nitrogens with one attached hydrogen (secondary N) is 2. The van der Waals surface area contributed by atoms with E-state index in [2.05, 4.69) is 15.6 Å². The molecule has 2 aromatic rings. The fraction of sp³-hybridized carbons (Fsp3) is 0.344. The van der Waals surface area contributed by atoms with Crippen molar-refractivity contribution in [2.24, 2.45) is 15.4 Å². The summed E-state index contributed by atoms with van der Waals surface area (Å²) in [4.78, 5) is 50.4. The van der Waals surface area contributed by atoms with E-state index in [0.717, 1.165) is 29.5 Å². The lowest BCUT2D eigenvalue weighted by atomic mass is 9.77. The zero-order valence-electron chi connectivity index (χ0n) is 23.2. The molecule has 8 nitrogen and oxygen atoms in total. The van der Waals surface area contributed by atoms with Crippen molar-refractivity contribution in [2.45, 2.75) is 57.9 Å². The van der Waals surface area contributed by atoms with Crippen LogP contribution in [0.25, 0.3) is 0 Å². The number of carbonyl (C=O) groups is 3. The van der Waals surface area contributed by atoms with Crippen molar-refractivity contribution in [3.63, 3.8) is 0 Å². The molecule has 0 bridgehead atoms. The van der Waals surface area contributed by atoms with E-state index in [1.807, 2.05) is 62.4 Å². The van der Waals surface area contributed by atoms with Crippen LogP contribution in [0.1, 0.15) is 56.2 Å². The Kier molecular flexibility index (Phi) is 6.90. The molecule has 210 valence electrons. The van der Waals surface area contributed by atoms with Gasteiger partial charge in [-0.15, -0.1) is 0 Å². The summed E-state index contributed by atoms with van der Waals surface area (Å²) in [5, 5.41) is 6.40. The number of rotatable bonds is 4. The van der Waals surface area contributed by atoms with Crippen LogP contribution in [0.15, 0.2) is 76.0 Å². The van der Waals surface area contributed by atoms with Gasteiger partial charge in [0, 0.05) is 29.5 Å². The lowest BCUT2D eigenvalue weighted by Crippen LogP contribution is -2.49. The number of allylic oxidation sites excluding steroid dienone is 2. The molecule has 3 aliphatic heterocycles. The summed E-state index contributed by atoms with van der Waals surface area (Å²) >= 11 is 6.44. The predicted molar refractivity (Wildman–Crippen MR) is 160 cm³/mol. The highest BCUT2D eigenvalue weighted by Crippen LogP contribution is 2.48. The second-order valence-electron chi connectivity index (χ2n) is 10.8. The van der Waals surface area contributed by atoms with Gasteiger partial charge in [0.15, 0.2) is 0 Å². The lowest BCUT2D eigenvalue weighted by molar-refractivity contribution is -0.136. The van der Waals surface area contributed by atoms with Crippen molar-refractivity contribution in [3.8, 4) is 0 Å². The number of amides is 3. The number of nitrogens with zero attached hydrogens (tertiary/aromatic N) is 3. The van der Waals surface area contributed by atoms with E-state index >= 15 is 0 Å². The van der Waals surface area contributed by atoms with Gasteiger partial charge in [-0.3, -0.25) is 24.3 Å². The summed E-state index contributed by atoms with van der Waals surface area (Å²) in [6.45, 7) is 3.84. The summed E-state index contributed by atoms with van der Waals surface area (Å²) < 4.78 is 0. The Morgan fingerprint density at radius 3 is 2.63 bits per heavy atom. The summed E-state index contributed by atoms with van der Waals surface area (Å²) in [6.07, 6.45) is 9.97. The monoisotopic (exact) mass is 569 g/mol. The molecule has 2 N–H and O–H groups in total. The third-order valence-electron chi connectivity index (χ3n) is 8.47. The normalized spacial score (nSPS) is 23.0. The molecule has 3 heterocycles. The Bertz CT molecular complexity index is 1590. The number of carbonyl (C=O) groups excluding carboxylic acids is 3. The molecule has 1 atom stereocenters. The maximum absolute atomic E-state index is 13.4. The molecule has 1 saturated carbocycles. The third kappa shape index (κ3) is 4.41. The quantitative estimate of drug-likeness (QED) is 0.543. The van der Waals surface area contributed by atoms with Gasteiger partial charge in [0.05, 0.1) is 10.4 Å². The Morgan fingerprint density at radius 2 is 1.88 bits per heavy atom. The van der Waals surface area contributed by atoms with Crippen molar-refractivity contribution >= 4 is 47.1 Å². The van der Waals surface area contributed by atoms with E-state index in [9.17, 15) is 14.4 Å². The van der Waals surface area contributed by atoms with Gasteiger partial charge in [-0.1, -0.05) is 55.8 Å². The van der Waals surface area contributed by atoms with Gasteiger partial charge in [0.1, 0.15) is 23.7 Å². The van der Waals surface area contributed by atoms with Crippen LogP contribution in [-0.2, 0) is 27.2 Å². The van der Waals surface area contributed by atoms with Gasteiger partial charge in [0.25, 0.3) is 5.91 Å². The van der Waals surface area contributed by atoms with Crippen molar-refractivity contribution in [3.05, 3.63) is 87.7 Å². The number of halogens is 1. The average molecular weight is 570 g/mol. The second kappa shape index (κ2) is 10.4. The topological polar surface area (TPSA) is 103 Å². The van der Waals surface area contributed by atoms with Gasteiger partial charge in [0.2, 0.25) is 11.8 Å². The number of hydrogen-bond donors (Lipinski definition) is 2. The average Bonchev–Trinajstić information content (AvgIpc) is 3.47. The molecule has 0 unspecified atom stereocenters. The highest BCUT2D eigenvalue weighted by atomic mass is 35.5. The molecule has 0 aromatic heterocycles. The lowest BCUT2D eigenvalue weighted by Gasteiger charge is -2.33. The third-order valence-corrected chi connectivity index (χ3v) is 8.80. The van der Waals surface area contributed by atoms with Crippen LogP contribution in [0.4, 0.5) is 5.69 Å². The first-order valence-electron chi connectivity index (χ1n) is 14.2. The molecule has 2 spiro atoms. The molecular formula is C32H32ClN5O3. The molecule has 2 aliphatic carbocycles. The number of amidine groups is 1. The van der Waals surface area contributed by atoms with Crippen LogP contribution in [0.2, 0.25) is 5.02 Å². The van der Waals surface area contributed by atoms with Gasteiger partial charge < -0.3 is 10.6 Å². The standard InChI is InChI=1S/C30H26ClN5O3.C2H6/c31-23-8-2-1-6-21(23)26-35-30(11-5-12-30)28(39)36(26)17-24(37)33-20-10-9-18-15-29(16-19(18)14-20)22-7-3-4-13-32-25(22)34-27(29)38;1-2/h1-3,6-10,13-14H,4-5,11-12,15-17H2,(H,33,37)(H,34,38);1-2H3/t29-;/m1./s1. The number of fused-ring (bicyclic) bond motifs is 2. The number of aliphatic imine (C=N–C) groups is 2. The Labute approximate surface area is 244 Å². The SMILES string of the molecule is CC.O=C(CN1C(=O)C2(CCC2)N=C1c1ccccc1Cl)Nc1ccc2c(c1)C[C@@]1(C2)C(=O)NC2=C1C=CCC=N2. The molecule has 5 aliphatic rings. The predicted octanol–water partition coefficient (Wildman–Crippen LogP) is 4.97. The Morgan fingerprint density at radius 1 is 1.10 bits per heavy atom. The molecule has 0 radical (unpaired) electrons. The molecule has 2 aromatic carbocycles. The maximum Gasteiger partial charge on any atom is 0.256 e. The highest BCUT2D eigenvalue weighted by Gasteiger charge is 2.53.